The van der Waals surface area contributed by atoms with Gasteiger partial charge in [0.05, 0.1) is 12.1 Å². The summed E-state index contributed by atoms with van der Waals surface area (Å²) in [5.41, 5.74) is 2.67. The zero-order valence-electron chi connectivity index (χ0n) is 12.3. The van der Waals surface area contributed by atoms with Crippen LogP contribution < -0.4 is 0 Å². The van der Waals surface area contributed by atoms with Gasteiger partial charge in [0.15, 0.2) is 5.78 Å². The zero-order valence-corrected chi connectivity index (χ0v) is 12.3. The standard InChI is InChI=1S/C17H15NO4/c1-10-4-3-5-13-14(11(2)19)9-18(16(10)13)8-12-6-7-15(22-12)17(20)21/h3-7,9H,8H2,1-2H3,(H,20,21). The van der Waals surface area contributed by atoms with Crippen LogP contribution in [0.1, 0.15) is 39.2 Å². The second-order valence-electron chi connectivity index (χ2n) is 5.27. The number of aromatic carboxylic acids is 1. The van der Waals surface area contributed by atoms with Crippen molar-refractivity contribution >= 4 is 22.7 Å². The predicted octanol–water partition coefficient (Wildman–Crippen LogP) is 3.49. The lowest BCUT2D eigenvalue weighted by atomic mass is 10.1. The molecule has 0 saturated carbocycles. The lowest BCUT2D eigenvalue weighted by Crippen LogP contribution is -1.98. The maximum Gasteiger partial charge on any atom is 0.371 e. The number of benzene rings is 1. The smallest absolute Gasteiger partial charge is 0.371 e. The van der Waals surface area contributed by atoms with Crippen LogP contribution in [0.4, 0.5) is 0 Å². The molecule has 112 valence electrons. The van der Waals surface area contributed by atoms with Gasteiger partial charge in [0.1, 0.15) is 5.76 Å². The number of carboxylic acid groups (broad SMARTS) is 1. The largest absolute Gasteiger partial charge is 0.475 e. The van der Waals surface area contributed by atoms with Crippen molar-refractivity contribution in [1.82, 2.24) is 4.57 Å². The normalized spacial score (nSPS) is 11.0. The van der Waals surface area contributed by atoms with E-state index >= 15 is 0 Å². The second-order valence-corrected chi connectivity index (χ2v) is 5.27. The van der Waals surface area contributed by atoms with Crippen molar-refractivity contribution in [3.63, 3.8) is 0 Å². The van der Waals surface area contributed by atoms with E-state index in [1.807, 2.05) is 29.7 Å². The molecule has 3 rings (SSSR count). The van der Waals surface area contributed by atoms with Crippen molar-refractivity contribution in [2.45, 2.75) is 20.4 Å². The molecule has 0 aliphatic heterocycles. The minimum absolute atomic E-state index is 0.0000184. The topological polar surface area (TPSA) is 72.4 Å². The van der Waals surface area contributed by atoms with Crippen LogP contribution in [0.2, 0.25) is 0 Å². The molecule has 22 heavy (non-hydrogen) atoms. The van der Waals surface area contributed by atoms with E-state index in [-0.39, 0.29) is 11.5 Å². The van der Waals surface area contributed by atoms with E-state index in [9.17, 15) is 9.59 Å². The van der Waals surface area contributed by atoms with Crippen molar-refractivity contribution in [1.29, 1.82) is 0 Å². The Kier molecular flexibility index (Phi) is 3.33. The van der Waals surface area contributed by atoms with E-state index < -0.39 is 5.97 Å². The molecule has 0 saturated heterocycles. The number of carboxylic acids is 1. The molecule has 0 fully saturated rings. The number of fused-ring (bicyclic) bond motifs is 1. The lowest BCUT2D eigenvalue weighted by molar-refractivity contribution is 0.0660. The monoisotopic (exact) mass is 297 g/mol. The number of aryl methyl sites for hydroxylation is 1. The van der Waals surface area contributed by atoms with Gasteiger partial charge in [0, 0.05) is 17.1 Å². The maximum atomic E-state index is 11.8. The van der Waals surface area contributed by atoms with E-state index in [1.165, 1.54) is 13.0 Å². The summed E-state index contributed by atoms with van der Waals surface area (Å²) in [6.45, 7) is 3.90. The zero-order chi connectivity index (χ0) is 15.9. The van der Waals surface area contributed by atoms with Gasteiger partial charge >= 0.3 is 5.97 Å². The van der Waals surface area contributed by atoms with Crippen LogP contribution in [0.5, 0.6) is 0 Å². The predicted molar refractivity (Wildman–Crippen MR) is 81.4 cm³/mol. The first-order valence-electron chi connectivity index (χ1n) is 6.89. The summed E-state index contributed by atoms with van der Waals surface area (Å²) < 4.78 is 7.22. The number of carbonyl (C=O) groups excluding carboxylic acids is 1. The molecule has 1 N–H and O–H groups in total. The molecule has 1 aromatic carbocycles. The van der Waals surface area contributed by atoms with Crippen molar-refractivity contribution in [2.75, 3.05) is 0 Å². The number of ketones is 1. The van der Waals surface area contributed by atoms with Gasteiger partial charge in [-0.2, -0.15) is 0 Å². The minimum Gasteiger partial charge on any atom is -0.475 e. The molecule has 0 amide bonds. The van der Waals surface area contributed by atoms with Gasteiger partial charge in [-0.3, -0.25) is 4.79 Å². The Morgan fingerprint density at radius 3 is 2.64 bits per heavy atom. The summed E-state index contributed by atoms with van der Waals surface area (Å²) in [6.07, 6.45) is 1.79. The summed E-state index contributed by atoms with van der Waals surface area (Å²) >= 11 is 0. The number of rotatable bonds is 4. The van der Waals surface area contributed by atoms with E-state index in [4.69, 9.17) is 9.52 Å². The lowest BCUT2D eigenvalue weighted by Gasteiger charge is -2.05. The van der Waals surface area contributed by atoms with Crippen LogP contribution in [-0.2, 0) is 6.54 Å². The second kappa shape index (κ2) is 5.18. The molecular formula is C17H15NO4. The van der Waals surface area contributed by atoms with Crippen molar-refractivity contribution in [3.05, 3.63) is 59.2 Å². The summed E-state index contributed by atoms with van der Waals surface area (Å²) in [6, 6.07) is 8.89. The van der Waals surface area contributed by atoms with Gasteiger partial charge in [-0.1, -0.05) is 18.2 Å². The number of nitrogens with zero attached hydrogens (tertiary/aromatic N) is 1. The third-order valence-corrected chi connectivity index (χ3v) is 3.68. The third-order valence-electron chi connectivity index (χ3n) is 3.68. The Hall–Kier alpha value is -2.82. The summed E-state index contributed by atoms with van der Waals surface area (Å²) in [4.78, 5) is 22.7. The van der Waals surface area contributed by atoms with Gasteiger partial charge in [0.2, 0.25) is 5.76 Å². The Balaban J connectivity index is 2.10. The quantitative estimate of drug-likeness (QED) is 0.748. The Morgan fingerprint density at radius 2 is 2.00 bits per heavy atom. The number of hydrogen-bond donors (Lipinski definition) is 1. The molecule has 2 aromatic heterocycles. The number of furan rings is 1. The van der Waals surface area contributed by atoms with Crippen LogP contribution in [0, 0.1) is 6.92 Å². The number of para-hydroxylation sites is 1. The van der Waals surface area contributed by atoms with E-state index in [1.54, 1.807) is 12.3 Å². The minimum atomic E-state index is -1.09. The fourth-order valence-electron chi connectivity index (χ4n) is 2.70. The van der Waals surface area contributed by atoms with Gasteiger partial charge in [-0.25, -0.2) is 4.79 Å². The first-order chi connectivity index (χ1) is 10.5. The van der Waals surface area contributed by atoms with Crippen molar-refractivity contribution in [2.24, 2.45) is 0 Å². The molecule has 5 nitrogen and oxygen atoms in total. The van der Waals surface area contributed by atoms with Gasteiger partial charge < -0.3 is 14.1 Å². The highest BCUT2D eigenvalue weighted by Gasteiger charge is 2.15. The molecule has 0 aliphatic rings. The van der Waals surface area contributed by atoms with Crippen LogP contribution in [0.3, 0.4) is 0 Å². The van der Waals surface area contributed by atoms with E-state index in [0.717, 1.165) is 16.5 Å². The highest BCUT2D eigenvalue weighted by Crippen LogP contribution is 2.26. The van der Waals surface area contributed by atoms with Crippen LogP contribution in [0.15, 0.2) is 40.9 Å². The first kappa shape index (κ1) is 14.1. The molecule has 3 aromatic rings. The van der Waals surface area contributed by atoms with E-state index in [0.29, 0.717) is 17.9 Å². The van der Waals surface area contributed by atoms with Crippen molar-refractivity contribution < 1.29 is 19.1 Å². The average Bonchev–Trinajstić information content (AvgIpc) is 3.05. The summed E-state index contributed by atoms with van der Waals surface area (Å²) in [5.74, 6) is -0.646. The average molecular weight is 297 g/mol. The maximum absolute atomic E-state index is 11.8. The molecule has 0 aliphatic carbocycles. The Labute approximate surface area is 126 Å². The van der Waals surface area contributed by atoms with E-state index in [2.05, 4.69) is 0 Å². The molecule has 0 bridgehead atoms. The Morgan fingerprint density at radius 1 is 1.23 bits per heavy atom. The molecule has 0 unspecified atom stereocenters. The SMILES string of the molecule is CC(=O)c1cn(Cc2ccc(C(=O)O)o2)c2c(C)cccc12. The fourth-order valence-corrected chi connectivity index (χ4v) is 2.70. The number of carbonyl (C=O) groups is 2. The summed E-state index contributed by atoms with van der Waals surface area (Å²) in [5, 5.41) is 9.81. The number of aromatic nitrogens is 1. The van der Waals surface area contributed by atoms with Crippen LogP contribution in [-0.4, -0.2) is 21.4 Å². The highest BCUT2D eigenvalue weighted by atomic mass is 16.4. The van der Waals surface area contributed by atoms with Gasteiger partial charge in [-0.15, -0.1) is 0 Å². The van der Waals surface area contributed by atoms with Gasteiger partial charge in [-0.05, 0) is 31.5 Å². The molecule has 0 atom stereocenters. The van der Waals surface area contributed by atoms with Crippen LogP contribution in [0.25, 0.3) is 10.9 Å². The van der Waals surface area contributed by atoms with Gasteiger partial charge in [0.25, 0.3) is 0 Å². The fraction of sp³-hybridized carbons (Fsp3) is 0.176. The van der Waals surface area contributed by atoms with Crippen molar-refractivity contribution in [3.8, 4) is 0 Å². The first-order valence-corrected chi connectivity index (χ1v) is 6.89. The highest BCUT2D eigenvalue weighted by molar-refractivity contribution is 6.07. The summed E-state index contributed by atoms with van der Waals surface area (Å²) in [7, 11) is 0. The third kappa shape index (κ3) is 2.30. The molecule has 0 radical (unpaired) electrons. The Bertz CT molecular complexity index is 885. The molecule has 0 spiro atoms. The number of hydrogen-bond acceptors (Lipinski definition) is 3. The van der Waals surface area contributed by atoms with Crippen LogP contribution >= 0.6 is 0 Å². The number of Topliss-reactive ketones (excluding diaryl/α,β-unsaturated/α-hetero) is 1. The molecule has 5 heteroatoms. The molecule has 2 heterocycles. The molecular weight excluding hydrogens is 282 g/mol.